The van der Waals surface area contributed by atoms with Crippen LogP contribution in [0.15, 0.2) is 133 Å². The maximum atomic E-state index is 6.56. The van der Waals surface area contributed by atoms with Crippen LogP contribution in [-0.4, -0.2) is 13.1 Å². The molecule has 4 nitrogen and oxygen atoms in total. The van der Waals surface area contributed by atoms with Crippen molar-refractivity contribution in [2.24, 2.45) is 5.73 Å². The summed E-state index contributed by atoms with van der Waals surface area (Å²) in [6.45, 7) is 0. The Balaban J connectivity index is 1.50. The Morgan fingerprint density at radius 1 is 0.821 bits per heavy atom. The van der Waals surface area contributed by atoms with E-state index in [9.17, 15) is 0 Å². The molecule has 4 aromatic carbocycles. The van der Waals surface area contributed by atoms with E-state index in [1.165, 1.54) is 11.1 Å². The van der Waals surface area contributed by atoms with Gasteiger partial charge in [0.2, 0.25) is 0 Å². The molecule has 0 aliphatic carbocycles. The van der Waals surface area contributed by atoms with E-state index in [2.05, 4.69) is 108 Å². The van der Waals surface area contributed by atoms with Crippen molar-refractivity contribution in [3.05, 3.63) is 156 Å². The molecular formula is C35H34N4. The number of nitrogens with one attached hydrogen (secondary N) is 2. The number of nitrogen functional groups attached to an aromatic ring is 1. The van der Waals surface area contributed by atoms with Crippen molar-refractivity contribution in [2.45, 2.75) is 12.5 Å². The molecule has 0 aromatic heterocycles. The predicted octanol–water partition coefficient (Wildman–Crippen LogP) is 7.18. The molecule has 4 heteroatoms. The highest BCUT2D eigenvalue weighted by molar-refractivity contribution is 5.87. The molecule has 39 heavy (non-hydrogen) atoms. The van der Waals surface area contributed by atoms with Crippen LogP contribution in [0.5, 0.6) is 0 Å². The van der Waals surface area contributed by atoms with E-state index >= 15 is 0 Å². The zero-order valence-electron chi connectivity index (χ0n) is 22.1. The molecule has 0 saturated carbocycles. The molecule has 1 heterocycles. The highest BCUT2D eigenvalue weighted by atomic mass is 14.9. The molecule has 4 aromatic rings. The summed E-state index contributed by atoms with van der Waals surface area (Å²) in [4.78, 5) is 0. The van der Waals surface area contributed by atoms with Crippen LogP contribution in [0.1, 0.15) is 28.7 Å². The second-order valence-electron chi connectivity index (χ2n) is 9.61. The van der Waals surface area contributed by atoms with Gasteiger partial charge in [0.05, 0.1) is 0 Å². The van der Waals surface area contributed by atoms with E-state index < -0.39 is 0 Å². The monoisotopic (exact) mass is 510 g/mol. The third kappa shape index (κ3) is 6.49. The first kappa shape index (κ1) is 25.7. The number of hydrogen-bond acceptors (Lipinski definition) is 4. The average Bonchev–Trinajstić information content (AvgIpc) is 3.00. The zero-order chi connectivity index (χ0) is 27.0. The molecule has 6 N–H and O–H groups in total. The average molecular weight is 511 g/mol. The molecule has 5 rings (SSSR count). The Morgan fingerprint density at radius 2 is 1.51 bits per heavy atom. The van der Waals surface area contributed by atoms with Crippen molar-refractivity contribution in [1.82, 2.24) is 5.32 Å². The Kier molecular flexibility index (Phi) is 7.94. The fraction of sp³-hybridized carbons (Fsp3) is 0.0857. The fourth-order valence-electron chi connectivity index (χ4n) is 4.76. The van der Waals surface area contributed by atoms with Crippen LogP contribution in [0.3, 0.4) is 0 Å². The Hall–Kier alpha value is -4.96. The number of dihydropyridines is 1. The number of nitrogens with two attached hydrogens (primary N) is 2. The van der Waals surface area contributed by atoms with Crippen molar-refractivity contribution in [2.75, 3.05) is 18.1 Å². The summed E-state index contributed by atoms with van der Waals surface area (Å²) in [6.07, 6.45) is 9.63. The van der Waals surface area contributed by atoms with E-state index in [4.69, 9.17) is 11.5 Å². The Bertz CT molecular complexity index is 1550. The Morgan fingerprint density at radius 3 is 2.26 bits per heavy atom. The van der Waals surface area contributed by atoms with Gasteiger partial charge in [-0.15, -0.1) is 0 Å². The molecule has 0 fully saturated rings. The lowest BCUT2D eigenvalue weighted by Gasteiger charge is -2.25. The van der Waals surface area contributed by atoms with Crippen LogP contribution in [0.2, 0.25) is 0 Å². The molecule has 1 aliphatic heterocycles. The Labute approximate surface area is 231 Å². The summed E-state index contributed by atoms with van der Waals surface area (Å²) in [7, 11) is 1.94. The van der Waals surface area contributed by atoms with Crippen molar-refractivity contribution in [3.8, 4) is 0 Å². The fourth-order valence-corrected chi connectivity index (χ4v) is 4.76. The third-order valence-electron chi connectivity index (χ3n) is 6.82. The topological polar surface area (TPSA) is 76.1 Å². The van der Waals surface area contributed by atoms with Crippen LogP contribution < -0.4 is 22.1 Å². The molecule has 194 valence electrons. The summed E-state index contributed by atoms with van der Waals surface area (Å²) in [5.74, 6) is 0. The minimum absolute atomic E-state index is 0.0964. The van der Waals surface area contributed by atoms with Gasteiger partial charge in [0.25, 0.3) is 0 Å². The number of hydrogen-bond donors (Lipinski definition) is 4. The lowest BCUT2D eigenvalue weighted by Crippen LogP contribution is -2.28. The summed E-state index contributed by atoms with van der Waals surface area (Å²) in [5.41, 5.74) is 22.8. The van der Waals surface area contributed by atoms with E-state index in [-0.39, 0.29) is 6.04 Å². The molecule has 0 spiro atoms. The van der Waals surface area contributed by atoms with Crippen molar-refractivity contribution < 1.29 is 0 Å². The molecule has 1 aliphatic rings. The second-order valence-corrected chi connectivity index (χ2v) is 9.61. The molecule has 0 amide bonds. The minimum Gasteiger partial charge on any atom is -0.399 e. The standard InChI is InChI=1S/C35H34N4/c1-38-32-17-9-15-29(21-32)35-24-30(26-12-6-3-7-13-26)22-33(39-35)19-18-27(25-10-4-2-5-11-25)23-34(37)28-14-8-16-31(36)20-28/h2-18,20-24,33,38-39H,19,36-37H2,1H3/b27-18+,34-23-. The van der Waals surface area contributed by atoms with Gasteiger partial charge in [0.1, 0.15) is 0 Å². The van der Waals surface area contributed by atoms with Gasteiger partial charge < -0.3 is 22.1 Å². The smallest absolute Gasteiger partial charge is 0.0488 e. The molecular weight excluding hydrogens is 476 g/mol. The van der Waals surface area contributed by atoms with Crippen LogP contribution in [0, 0.1) is 0 Å². The van der Waals surface area contributed by atoms with Gasteiger partial charge in [-0.2, -0.15) is 0 Å². The van der Waals surface area contributed by atoms with Gasteiger partial charge in [-0.3, -0.25) is 0 Å². The summed E-state index contributed by atoms with van der Waals surface area (Å²) >= 11 is 0. The first-order valence-electron chi connectivity index (χ1n) is 13.2. The van der Waals surface area contributed by atoms with Crippen molar-refractivity contribution in [1.29, 1.82) is 0 Å². The molecule has 1 unspecified atom stereocenters. The second kappa shape index (κ2) is 12.1. The van der Waals surface area contributed by atoms with E-state index in [0.29, 0.717) is 11.4 Å². The van der Waals surface area contributed by atoms with Gasteiger partial charge in [-0.1, -0.05) is 97.1 Å². The van der Waals surface area contributed by atoms with Crippen LogP contribution >= 0.6 is 0 Å². The quantitative estimate of drug-likeness (QED) is 0.150. The summed E-state index contributed by atoms with van der Waals surface area (Å²) < 4.78 is 0. The minimum atomic E-state index is 0.0964. The van der Waals surface area contributed by atoms with Gasteiger partial charge >= 0.3 is 0 Å². The number of anilines is 2. The maximum absolute atomic E-state index is 6.56. The van der Waals surface area contributed by atoms with Gasteiger partial charge in [-0.25, -0.2) is 0 Å². The van der Waals surface area contributed by atoms with Crippen molar-refractivity contribution >= 4 is 33.9 Å². The maximum Gasteiger partial charge on any atom is 0.0488 e. The SMILES string of the molecule is CNc1cccc(C2=CC(c3ccccc3)=CC(C/C=C(\C=C(/N)c3cccc(N)c3)c3ccccc3)N2)c1. The van der Waals surface area contributed by atoms with E-state index in [1.807, 2.05) is 43.5 Å². The number of rotatable bonds is 8. The number of benzene rings is 4. The predicted molar refractivity (Wildman–Crippen MR) is 167 cm³/mol. The molecule has 0 radical (unpaired) electrons. The number of allylic oxidation sites excluding steroid dienone is 4. The first-order valence-corrected chi connectivity index (χ1v) is 13.2. The molecule has 0 bridgehead atoms. The molecule has 0 saturated heterocycles. The van der Waals surface area contributed by atoms with E-state index in [0.717, 1.165) is 40.1 Å². The highest BCUT2D eigenvalue weighted by Gasteiger charge is 2.17. The third-order valence-corrected chi connectivity index (χ3v) is 6.82. The van der Waals surface area contributed by atoms with E-state index in [1.54, 1.807) is 0 Å². The lowest BCUT2D eigenvalue weighted by atomic mass is 9.94. The summed E-state index contributed by atoms with van der Waals surface area (Å²) in [5, 5.41) is 7.01. The van der Waals surface area contributed by atoms with Crippen LogP contribution in [0.25, 0.3) is 22.5 Å². The lowest BCUT2D eigenvalue weighted by molar-refractivity contribution is 0.721. The normalized spacial score (nSPS) is 15.7. The van der Waals surface area contributed by atoms with Gasteiger partial charge in [0, 0.05) is 35.9 Å². The van der Waals surface area contributed by atoms with Gasteiger partial charge in [-0.05, 0) is 76.2 Å². The van der Waals surface area contributed by atoms with Crippen molar-refractivity contribution in [3.63, 3.8) is 0 Å². The van der Waals surface area contributed by atoms with Crippen LogP contribution in [0.4, 0.5) is 11.4 Å². The largest absolute Gasteiger partial charge is 0.399 e. The molecule has 1 atom stereocenters. The first-order chi connectivity index (χ1) is 19.1. The summed E-state index contributed by atoms with van der Waals surface area (Å²) in [6, 6.07) is 37.1. The van der Waals surface area contributed by atoms with Crippen LogP contribution in [-0.2, 0) is 0 Å². The van der Waals surface area contributed by atoms with Gasteiger partial charge in [0.15, 0.2) is 0 Å². The zero-order valence-corrected chi connectivity index (χ0v) is 22.1. The highest BCUT2D eigenvalue weighted by Crippen LogP contribution is 2.29.